The number of halogens is 3. The Morgan fingerprint density at radius 2 is 1.89 bits per heavy atom. The Balaban J connectivity index is 1.82. The molecule has 2 unspecified atom stereocenters. The summed E-state index contributed by atoms with van der Waals surface area (Å²) in [5, 5.41) is 6.12. The van der Waals surface area contributed by atoms with E-state index in [9.17, 15) is 18.0 Å². The van der Waals surface area contributed by atoms with Crippen molar-refractivity contribution in [1.29, 1.82) is 0 Å². The molecular formula is C17H30F3N5O2. The minimum absolute atomic E-state index is 0.0488. The lowest BCUT2D eigenvalue weighted by Gasteiger charge is -2.39. The lowest BCUT2D eigenvalue weighted by Crippen LogP contribution is -2.57. The largest absolute Gasteiger partial charge is 0.450 e. The molecule has 0 aromatic rings. The number of carbonyl (C=O) groups is 1. The molecule has 1 amide bonds. The molecule has 1 saturated heterocycles. The fourth-order valence-corrected chi connectivity index (χ4v) is 3.22. The van der Waals surface area contributed by atoms with Gasteiger partial charge >= 0.3 is 12.3 Å². The number of guanidine groups is 1. The van der Waals surface area contributed by atoms with Gasteiger partial charge in [0.25, 0.3) is 0 Å². The normalized spacial score (nSPS) is 21.6. The van der Waals surface area contributed by atoms with Crippen molar-refractivity contribution in [3.63, 3.8) is 0 Å². The SMILES string of the molecule is CCOC(=O)NC(CNC(=NC)N1CCN(C(C)C(F)(F)F)CC1)C1CC1. The van der Waals surface area contributed by atoms with Crippen molar-refractivity contribution in [2.45, 2.75) is 44.9 Å². The molecule has 7 nitrogen and oxygen atoms in total. The Hall–Kier alpha value is -1.71. The average Bonchev–Trinajstić information content (AvgIpc) is 3.45. The van der Waals surface area contributed by atoms with E-state index in [1.807, 2.05) is 4.90 Å². The molecule has 0 aromatic carbocycles. The van der Waals surface area contributed by atoms with E-state index in [0.717, 1.165) is 12.8 Å². The first-order valence-electron chi connectivity index (χ1n) is 9.45. The number of aliphatic imine (C=N–C) groups is 1. The second-order valence-electron chi connectivity index (χ2n) is 6.98. The number of amides is 1. The van der Waals surface area contributed by atoms with Gasteiger partial charge in [-0.3, -0.25) is 9.89 Å². The Labute approximate surface area is 158 Å². The van der Waals surface area contributed by atoms with Gasteiger partial charge < -0.3 is 20.3 Å². The predicted octanol–water partition coefficient (Wildman–Crippen LogP) is 1.65. The van der Waals surface area contributed by atoms with E-state index >= 15 is 0 Å². The van der Waals surface area contributed by atoms with Crippen molar-refractivity contribution in [3.8, 4) is 0 Å². The number of ether oxygens (including phenoxy) is 1. The van der Waals surface area contributed by atoms with E-state index in [4.69, 9.17) is 4.74 Å². The van der Waals surface area contributed by atoms with E-state index in [1.165, 1.54) is 11.8 Å². The fourth-order valence-electron chi connectivity index (χ4n) is 3.22. The lowest BCUT2D eigenvalue weighted by atomic mass is 10.2. The number of nitrogens with zero attached hydrogens (tertiary/aromatic N) is 3. The van der Waals surface area contributed by atoms with Crippen LogP contribution >= 0.6 is 0 Å². The van der Waals surface area contributed by atoms with Gasteiger partial charge in [0.2, 0.25) is 0 Å². The highest BCUT2D eigenvalue weighted by molar-refractivity contribution is 5.80. The average molecular weight is 393 g/mol. The van der Waals surface area contributed by atoms with Gasteiger partial charge in [0.1, 0.15) is 6.04 Å². The minimum atomic E-state index is -4.21. The molecule has 0 aromatic heterocycles. The molecule has 0 radical (unpaired) electrons. The monoisotopic (exact) mass is 393 g/mol. The molecule has 10 heteroatoms. The fraction of sp³-hybridized carbons (Fsp3) is 0.882. The first-order chi connectivity index (χ1) is 12.8. The van der Waals surface area contributed by atoms with Crippen molar-refractivity contribution < 1.29 is 22.7 Å². The topological polar surface area (TPSA) is 69.2 Å². The van der Waals surface area contributed by atoms with E-state index in [1.54, 1.807) is 14.0 Å². The molecule has 0 spiro atoms. The van der Waals surface area contributed by atoms with E-state index in [0.29, 0.717) is 51.2 Å². The zero-order valence-electron chi connectivity index (χ0n) is 16.2. The summed E-state index contributed by atoms with van der Waals surface area (Å²) in [6, 6.07) is -1.49. The van der Waals surface area contributed by atoms with Crippen molar-refractivity contribution in [2.24, 2.45) is 10.9 Å². The van der Waals surface area contributed by atoms with Gasteiger partial charge in [0.05, 0.1) is 12.6 Å². The molecular weight excluding hydrogens is 363 g/mol. The van der Waals surface area contributed by atoms with Gasteiger partial charge in [-0.25, -0.2) is 4.79 Å². The zero-order valence-corrected chi connectivity index (χ0v) is 16.2. The van der Waals surface area contributed by atoms with Crippen LogP contribution in [-0.4, -0.2) is 86.5 Å². The maximum atomic E-state index is 12.9. The molecule has 1 saturated carbocycles. The number of rotatable bonds is 6. The van der Waals surface area contributed by atoms with E-state index < -0.39 is 18.3 Å². The van der Waals surface area contributed by atoms with Gasteiger partial charge in [-0.1, -0.05) is 0 Å². The molecule has 0 bridgehead atoms. The van der Waals surface area contributed by atoms with Gasteiger partial charge in [0, 0.05) is 39.8 Å². The van der Waals surface area contributed by atoms with Crippen LogP contribution < -0.4 is 10.6 Å². The third kappa shape index (κ3) is 6.44. The van der Waals surface area contributed by atoms with Gasteiger partial charge in [-0.2, -0.15) is 13.2 Å². The molecule has 2 N–H and O–H groups in total. The molecule has 2 rings (SSSR count). The third-order valence-electron chi connectivity index (χ3n) is 5.10. The number of piperazine rings is 1. The van der Waals surface area contributed by atoms with Crippen LogP contribution in [0.3, 0.4) is 0 Å². The standard InChI is InChI=1S/C17H30F3N5O2/c1-4-27-16(26)23-14(13-5-6-13)11-22-15(21-3)25-9-7-24(8-10-25)12(2)17(18,19)20/h12-14H,4-11H2,1-3H3,(H,21,22)(H,23,26). The highest BCUT2D eigenvalue weighted by Gasteiger charge is 2.41. The summed E-state index contributed by atoms with van der Waals surface area (Å²) in [6.07, 6.45) is -2.52. The first kappa shape index (κ1) is 21.6. The smallest absolute Gasteiger partial charge is 0.407 e. The van der Waals surface area contributed by atoms with Gasteiger partial charge in [-0.15, -0.1) is 0 Å². The lowest BCUT2D eigenvalue weighted by molar-refractivity contribution is -0.181. The maximum Gasteiger partial charge on any atom is 0.407 e. The number of hydrogen-bond donors (Lipinski definition) is 2. The Kier molecular flexibility index (Phi) is 7.58. The van der Waals surface area contributed by atoms with Crippen molar-refractivity contribution >= 4 is 12.1 Å². The van der Waals surface area contributed by atoms with Gasteiger partial charge in [-0.05, 0) is 32.6 Å². The van der Waals surface area contributed by atoms with Crippen LogP contribution in [0.15, 0.2) is 4.99 Å². The number of nitrogens with one attached hydrogen (secondary N) is 2. The van der Waals surface area contributed by atoms with Crippen LogP contribution in [0, 0.1) is 5.92 Å². The van der Waals surface area contributed by atoms with Crippen molar-refractivity contribution in [3.05, 3.63) is 0 Å². The molecule has 27 heavy (non-hydrogen) atoms. The second kappa shape index (κ2) is 9.48. The Morgan fingerprint density at radius 3 is 2.37 bits per heavy atom. The Morgan fingerprint density at radius 1 is 1.26 bits per heavy atom. The summed E-state index contributed by atoms with van der Waals surface area (Å²) in [5.41, 5.74) is 0. The minimum Gasteiger partial charge on any atom is -0.450 e. The summed E-state index contributed by atoms with van der Waals surface area (Å²) in [5.74, 6) is 1.06. The first-order valence-corrected chi connectivity index (χ1v) is 9.45. The van der Waals surface area contributed by atoms with Crippen LogP contribution in [0.1, 0.15) is 26.7 Å². The van der Waals surface area contributed by atoms with Crippen LogP contribution in [-0.2, 0) is 4.74 Å². The zero-order chi connectivity index (χ0) is 20.0. The van der Waals surface area contributed by atoms with Crippen LogP contribution in [0.5, 0.6) is 0 Å². The third-order valence-corrected chi connectivity index (χ3v) is 5.10. The summed E-state index contributed by atoms with van der Waals surface area (Å²) >= 11 is 0. The summed E-state index contributed by atoms with van der Waals surface area (Å²) < 4.78 is 43.6. The van der Waals surface area contributed by atoms with Crippen LogP contribution in [0.2, 0.25) is 0 Å². The van der Waals surface area contributed by atoms with E-state index in [2.05, 4.69) is 15.6 Å². The number of alkyl halides is 3. The summed E-state index contributed by atoms with van der Waals surface area (Å²) in [4.78, 5) is 19.3. The number of alkyl carbamates (subject to hydrolysis) is 1. The molecule has 1 aliphatic heterocycles. The molecule has 1 heterocycles. The molecule has 2 atom stereocenters. The quantitative estimate of drug-likeness (QED) is 0.531. The maximum absolute atomic E-state index is 12.9. The molecule has 156 valence electrons. The Bertz CT molecular complexity index is 517. The summed E-state index contributed by atoms with van der Waals surface area (Å²) in [7, 11) is 1.65. The molecule has 1 aliphatic carbocycles. The highest BCUT2D eigenvalue weighted by atomic mass is 19.4. The van der Waals surface area contributed by atoms with Crippen molar-refractivity contribution in [1.82, 2.24) is 20.4 Å². The van der Waals surface area contributed by atoms with Crippen LogP contribution in [0.25, 0.3) is 0 Å². The number of hydrogen-bond acceptors (Lipinski definition) is 4. The predicted molar refractivity (Wildman–Crippen MR) is 96.7 cm³/mol. The van der Waals surface area contributed by atoms with Crippen LogP contribution in [0.4, 0.5) is 18.0 Å². The highest BCUT2D eigenvalue weighted by Crippen LogP contribution is 2.32. The van der Waals surface area contributed by atoms with Crippen molar-refractivity contribution in [2.75, 3.05) is 46.4 Å². The molecule has 2 fully saturated rings. The summed E-state index contributed by atoms with van der Waals surface area (Å²) in [6.45, 7) is 5.38. The van der Waals surface area contributed by atoms with Gasteiger partial charge in [0.15, 0.2) is 5.96 Å². The number of carbonyl (C=O) groups excluding carboxylic acids is 1. The molecule has 2 aliphatic rings. The van der Waals surface area contributed by atoms with E-state index in [-0.39, 0.29) is 6.04 Å². The second-order valence-corrected chi connectivity index (χ2v) is 6.98.